The minimum atomic E-state index is -2.76. The summed E-state index contributed by atoms with van der Waals surface area (Å²) in [7, 11) is 0. The molecule has 206 valence electrons. The molecule has 1 aliphatic carbocycles. The molecule has 0 radical (unpaired) electrons. The van der Waals surface area contributed by atoms with Gasteiger partial charge in [0.1, 0.15) is 11.6 Å². The lowest BCUT2D eigenvalue weighted by Gasteiger charge is -2.30. The van der Waals surface area contributed by atoms with E-state index in [0.717, 1.165) is 12.1 Å². The van der Waals surface area contributed by atoms with E-state index < -0.39 is 35.5 Å². The van der Waals surface area contributed by atoms with Gasteiger partial charge in [0.2, 0.25) is 11.8 Å². The molecule has 1 aliphatic heterocycles. The summed E-state index contributed by atoms with van der Waals surface area (Å²) in [6, 6.07) is 2.23. The number of carboxylic acid groups (broad SMARTS) is 1. The molecule has 4 rings (SSSR count). The molecule has 2 fully saturated rings. The largest absolute Gasteiger partial charge is 0.481 e. The Kier molecular flexibility index (Phi) is 8.39. The van der Waals surface area contributed by atoms with Crippen LogP contribution in [-0.4, -0.2) is 59.7 Å². The van der Waals surface area contributed by atoms with Gasteiger partial charge < -0.3 is 25.8 Å². The van der Waals surface area contributed by atoms with E-state index >= 15 is 0 Å². The summed E-state index contributed by atoms with van der Waals surface area (Å²) in [6.07, 6.45) is 1.45. The molecule has 2 aliphatic rings. The highest BCUT2D eigenvalue weighted by molar-refractivity contribution is 6.04. The highest BCUT2D eigenvalue weighted by Crippen LogP contribution is 2.42. The minimum Gasteiger partial charge on any atom is -0.481 e. The van der Waals surface area contributed by atoms with E-state index in [0.29, 0.717) is 31.3 Å². The van der Waals surface area contributed by atoms with Crippen LogP contribution in [0.4, 0.5) is 23.2 Å². The standard InChI is InChI=1S/C26H30F4N4O4/c27-16-10-15(11-17(28)12-16)22-23(34-8-5-18(31)14-34)20(13-32-25(22)38-9-1-2-21(35)36)24(37)33-19-3-6-26(29,30)7-4-19/h10-13,18-19H,1-9,14,31H2,(H,33,37)(H,35,36)/t18-/m0/s1. The summed E-state index contributed by atoms with van der Waals surface area (Å²) in [4.78, 5) is 30.4. The third kappa shape index (κ3) is 6.72. The summed E-state index contributed by atoms with van der Waals surface area (Å²) in [5.74, 6) is -6.04. The SMILES string of the molecule is N[C@H]1CCN(c2c(C(=O)NC3CCC(F)(F)CC3)cnc(OCCCC(=O)O)c2-c2cc(F)cc(F)c2)C1. The van der Waals surface area contributed by atoms with Crippen molar-refractivity contribution in [3.63, 3.8) is 0 Å². The summed E-state index contributed by atoms with van der Waals surface area (Å²) < 4.78 is 61.6. The molecule has 4 N–H and O–H groups in total. The van der Waals surface area contributed by atoms with Crippen LogP contribution in [0.3, 0.4) is 0 Å². The number of anilines is 1. The van der Waals surface area contributed by atoms with Crippen molar-refractivity contribution < 1.29 is 37.0 Å². The molecule has 1 amide bonds. The zero-order valence-electron chi connectivity index (χ0n) is 20.7. The molecule has 2 heterocycles. The number of carbonyl (C=O) groups excluding carboxylic acids is 1. The first-order chi connectivity index (χ1) is 18.0. The van der Waals surface area contributed by atoms with Crippen molar-refractivity contribution in [3.8, 4) is 17.0 Å². The quantitative estimate of drug-likeness (QED) is 0.325. The van der Waals surface area contributed by atoms with Crippen molar-refractivity contribution in [2.75, 3.05) is 24.6 Å². The number of halogens is 4. The molecular formula is C26H30F4N4O4. The fourth-order valence-corrected chi connectivity index (χ4v) is 4.88. The Hall–Kier alpha value is -3.41. The van der Waals surface area contributed by atoms with E-state index in [1.165, 1.54) is 6.20 Å². The van der Waals surface area contributed by atoms with Crippen LogP contribution >= 0.6 is 0 Å². The smallest absolute Gasteiger partial charge is 0.303 e. The Morgan fingerprint density at radius 3 is 2.45 bits per heavy atom. The van der Waals surface area contributed by atoms with Gasteiger partial charge in [-0.3, -0.25) is 9.59 Å². The second-order valence-corrected chi connectivity index (χ2v) is 9.80. The van der Waals surface area contributed by atoms with Crippen LogP contribution in [0.1, 0.15) is 55.3 Å². The number of benzene rings is 1. The zero-order chi connectivity index (χ0) is 27.4. The number of alkyl halides is 2. The molecule has 0 spiro atoms. The number of aromatic nitrogens is 1. The number of hydrogen-bond donors (Lipinski definition) is 3. The van der Waals surface area contributed by atoms with E-state index in [-0.39, 0.29) is 73.7 Å². The number of pyridine rings is 1. The minimum absolute atomic E-state index is 0.0234. The second kappa shape index (κ2) is 11.5. The third-order valence-electron chi connectivity index (χ3n) is 6.78. The lowest BCUT2D eigenvalue weighted by atomic mass is 9.92. The van der Waals surface area contributed by atoms with Gasteiger partial charge in [-0.15, -0.1) is 0 Å². The lowest BCUT2D eigenvalue weighted by Crippen LogP contribution is -2.41. The molecule has 1 saturated heterocycles. The Morgan fingerprint density at radius 1 is 1.16 bits per heavy atom. The molecule has 0 unspecified atom stereocenters. The maximum absolute atomic E-state index is 14.3. The number of aliphatic carboxylic acids is 1. The number of hydrogen-bond acceptors (Lipinski definition) is 6. The molecule has 1 aromatic carbocycles. The number of carboxylic acids is 1. The van der Waals surface area contributed by atoms with Crippen molar-refractivity contribution in [2.45, 2.75) is 63.0 Å². The van der Waals surface area contributed by atoms with E-state index in [9.17, 15) is 27.2 Å². The number of nitrogens with zero attached hydrogens (tertiary/aromatic N) is 2. The van der Waals surface area contributed by atoms with Crippen LogP contribution in [0, 0.1) is 11.6 Å². The number of nitrogens with two attached hydrogens (primary N) is 1. The maximum Gasteiger partial charge on any atom is 0.303 e. The lowest BCUT2D eigenvalue weighted by molar-refractivity contribution is -0.137. The molecule has 1 aromatic heterocycles. The van der Waals surface area contributed by atoms with Crippen molar-refractivity contribution in [3.05, 3.63) is 41.6 Å². The molecule has 1 atom stereocenters. The number of carbonyl (C=O) groups is 2. The van der Waals surface area contributed by atoms with Crippen LogP contribution in [0.15, 0.2) is 24.4 Å². The van der Waals surface area contributed by atoms with Gasteiger partial charge in [0.15, 0.2) is 0 Å². The summed E-state index contributed by atoms with van der Waals surface area (Å²) in [5, 5.41) is 11.7. The topological polar surface area (TPSA) is 118 Å². The fraction of sp³-hybridized carbons (Fsp3) is 0.500. The highest BCUT2D eigenvalue weighted by atomic mass is 19.3. The Labute approximate surface area is 217 Å². The number of rotatable bonds is 9. The average molecular weight is 539 g/mol. The third-order valence-corrected chi connectivity index (χ3v) is 6.78. The first-order valence-corrected chi connectivity index (χ1v) is 12.6. The van der Waals surface area contributed by atoms with E-state index in [2.05, 4.69) is 10.3 Å². The van der Waals surface area contributed by atoms with Crippen molar-refractivity contribution >= 4 is 17.6 Å². The van der Waals surface area contributed by atoms with Crippen molar-refractivity contribution in [2.24, 2.45) is 5.73 Å². The maximum atomic E-state index is 14.3. The van der Waals surface area contributed by atoms with Crippen LogP contribution in [0.2, 0.25) is 0 Å². The Morgan fingerprint density at radius 2 is 1.84 bits per heavy atom. The second-order valence-electron chi connectivity index (χ2n) is 9.80. The number of nitrogens with one attached hydrogen (secondary N) is 1. The average Bonchev–Trinajstić information content (AvgIpc) is 3.27. The highest BCUT2D eigenvalue weighted by Gasteiger charge is 2.36. The monoisotopic (exact) mass is 538 g/mol. The normalized spacial score (nSPS) is 19.4. The molecule has 1 saturated carbocycles. The van der Waals surface area contributed by atoms with Gasteiger partial charge in [-0.1, -0.05) is 0 Å². The van der Waals surface area contributed by atoms with Gasteiger partial charge in [0.05, 0.1) is 23.4 Å². The van der Waals surface area contributed by atoms with Crippen LogP contribution in [-0.2, 0) is 4.79 Å². The van der Waals surface area contributed by atoms with E-state index in [4.69, 9.17) is 15.6 Å². The number of ether oxygens (including phenoxy) is 1. The fourth-order valence-electron chi connectivity index (χ4n) is 4.88. The van der Waals surface area contributed by atoms with E-state index in [1.54, 1.807) is 0 Å². The predicted molar refractivity (Wildman–Crippen MR) is 131 cm³/mol. The van der Waals surface area contributed by atoms with E-state index in [1.807, 2.05) is 4.90 Å². The summed E-state index contributed by atoms with van der Waals surface area (Å²) >= 11 is 0. The van der Waals surface area contributed by atoms with Gasteiger partial charge in [-0.2, -0.15) is 0 Å². The van der Waals surface area contributed by atoms with Crippen molar-refractivity contribution in [1.29, 1.82) is 0 Å². The molecule has 0 bridgehead atoms. The first-order valence-electron chi connectivity index (χ1n) is 12.6. The first kappa shape index (κ1) is 27.6. The van der Waals surface area contributed by atoms with Crippen LogP contribution in [0.25, 0.3) is 11.1 Å². The van der Waals surface area contributed by atoms with Crippen LogP contribution < -0.4 is 20.7 Å². The van der Waals surface area contributed by atoms with Gasteiger partial charge >= 0.3 is 5.97 Å². The molecule has 38 heavy (non-hydrogen) atoms. The van der Waals surface area contributed by atoms with Crippen molar-refractivity contribution in [1.82, 2.24) is 10.3 Å². The zero-order valence-corrected chi connectivity index (χ0v) is 20.7. The summed E-state index contributed by atoms with van der Waals surface area (Å²) in [6.45, 7) is 0.762. The Bertz CT molecular complexity index is 1170. The Balaban J connectivity index is 1.76. The number of amides is 1. The van der Waals surface area contributed by atoms with Gasteiger partial charge in [-0.25, -0.2) is 22.5 Å². The van der Waals surface area contributed by atoms with Gasteiger partial charge in [0, 0.05) is 56.7 Å². The van der Waals surface area contributed by atoms with Gasteiger partial charge in [-0.05, 0) is 43.4 Å². The summed E-state index contributed by atoms with van der Waals surface area (Å²) in [5.41, 5.74) is 6.77. The molecule has 12 heteroatoms. The molecule has 8 nitrogen and oxygen atoms in total. The predicted octanol–water partition coefficient (Wildman–Crippen LogP) is 4.12. The van der Waals surface area contributed by atoms with Gasteiger partial charge in [0.25, 0.3) is 5.91 Å². The molecular weight excluding hydrogens is 508 g/mol. The molecule has 2 aromatic rings. The van der Waals surface area contributed by atoms with Crippen LogP contribution in [0.5, 0.6) is 5.88 Å².